The zero-order valence-electron chi connectivity index (χ0n) is 17.3. The molecule has 0 aliphatic carbocycles. The van der Waals surface area contributed by atoms with Crippen molar-refractivity contribution in [3.05, 3.63) is 75.3 Å². The van der Waals surface area contributed by atoms with Crippen LogP contribution in [0.25, 0.3) is 10.6 Å². The highest BCUT2D eigenvalue weighted by Gasteiger charge is 2.12. The molecule has 0 fully saturated rings. The Kier molecular flexibility index (Phi) is 6.48. The summed E-state index contributed by atoms with van der Waals surface area (Å²) >= 11 is 1.52. The molecule has 0 unspecified atom stereocenters. The van der Waals surface area contributed by atoms with Crippen molar-refractivity contribution in [3.63, 3.8) is 0 Å². The van der Waals surface area contributed by atoms with E-state index in [2.05, 4.69) is 27.0 Å². The highest BCUT2D eigenvalue weighted by Crippen LogP contribution is 2.28. The van der Waals surface area contributed by atoms with Crippen LogP contribution in [0.1, 0.15) is 44.5 Å². The number of aromatic carboxylic acids is 1. The van der Waals surface area contributed by atoms with Crippen molar-refractivity contribution in [1.82, 2.24) is 4.98 Å². The number of nitrogens with zero attached hydrogens (tertiary/aromatic N) is 3. The Balaban J connectivity index is 1.81. The number of hydrogen-bond acceptors (Lipinski definition) is 5. The second kappa shape index (κ2) is 9.24. The van der Waals surface area contributed by atoms with Gasteiger partial charge in [0.1, 0.15) is 5.01 Å². The van der Waals surface area contributed by atoms with Crippen LogP contribution < -0.4 is 11.5 Å². The Hall–Kier alpha value is -3.96. The van der Waals surface area contributed by atoms with Gasteiger partial charge in [0.2, 0.25) is 5.96 Å². The van der Waals surface area contributed by atoms with Gasteiger partial charge in [-0.15, -0.1) is 16.4 Å². The van der Waals surface area contributed by atoms with Gasteiger partial charge in [0.05, 0.1) is 21.8 Å². The third-order valence-electron chi connectivity index (χ3n) is 4.38. The fourth-order valence-corrected chi connectivity index (χ4v) is 3.87. The minimum absolute atomic E-state index is 0.0913. The van der Waals surface area contributed by atoms with Gasteiger partial charge in [0, 0.05) is 16.7 Å². The molecule has 1 aromatic heterocycles. The maximum Gasteiger partial charge on any atom is 0.335 e. The first-order chi connectivity index (χ1) is 14.7. The van der Waals surface area contributed by atoms with Gasteiger partial charge in [-0.2, -0.15) is 5.10 Å². The number of hydrogen-bond donors (Lipinski definition) is 3. The molecule has 0 atom stereocenters. The molecular weight excluding hydrogens is 410 g/mol. The maximum atomic E-state index is 11.1. The molecule has 0 radical (unpaired) electrons. The van der Waals surface area contributed by atoms with Crippen LogP contribution in [0.5, 0.6) is 0 Å². The van der Waals surface area contributed by atoms with Gasteiger partial charge in [0.15, 0.2) is 0 Å². The molecule has 8 heteroatoms. The number of aromatic nitrogens is 1. The second-order valence-corrected chi connectivity index (χ2v) is 7.81. The molecule has 0 aliphatic heterocycles. The summed E-state index contributed by atoms with van der Waals surface area (Å²) in [5.74, 6) is 5.15. The topological polar surface area (TPSA) is 127 Å². The average molecular weight is 432 g/mol. The quantitative estimate of drug-likeness (QED) is 0.252. The van der Waals surface area contributed by atoms with E-state index >= 15 is 0 Å². The lowest BCUT2D eigenvalue weighted by Gasteiger charge is -2.00. The first kappa shape index (κ1) is 21.7. The molecule has 0 spiro atoms. The van der Waals surface area contributed by atoms with Crippen LogP contribution in [0.4, 0.5) is 0 Å². The normalized spacial score (nSPS) is 10.9. The molecule has 0 aliphatic rings. The van der Waals surface area contributed by atoms with Crippen molar-refractivity contribution in [3.8, 4) is 22.4 Å². The van der Waals surface area contributed by atoms with Crippen LogP contribution in [0.3, 0.4) is 0 Å². The van der Waals surface area contributed by atoms with Crippen molar-refractivity contribution in [1.29, 1.82) is 0 Å². The average Bonchev–Trinajstić information content (AvgIpc) is 3.12. The summed E-state index contributed by atoms with van der Waals surface area (Å²) in [5, 5.41) is 17.7. The molecular formula is C23H21N5O2S. The summed E-state index contributed by atoms with van der Waals surface area (Å²) in [7, 11) is 0. The Morgan fingerprint density at radius 3 is 2.29 bits per heavy atom. The highest BCUT2D eigenvalue weighted by atomic mass is 32.1. The number of guanidine groups is 1. The Morgan fingerprint density at radius 1 is 1.03 bits per heavy atom. The Morgan fingerprint density at radius 2 is 1.68 bits per heavy atom. The third-order valence-corrected chi connectivity index (χ3v) is 5.70. The van der Waals surface area contributed by atoms with E-state index in [-0.39, 0.29) is 11.5 Å². The number of benzene rings is 2. The van der Waals surface area contributed by atoms with Gasteiger partial charge in [0.25, 0.3) is 0 Å². The van der Waals surface area contributed by atoms with E-state index in [0.717, 1.165) is 32.3 Å². The Labute approximate surface area is 184 Å². The van der Waals surface area contributed by atoms with Crippen molar-refractivity contribution in [2.45, 2.75) is 20.8 Å². The fourth-order valence-electron chi connectivity index (χ4n) is 2.86. The van der Waals surface area contributed by atoms with Crippen molar-refractivity contribution in [2.24, 2.45) is 21.7 Å². The number of carboxylic acid groups (broad SMARTS) is 1. The standard InChI is InChI=1S/C23H21N5O2S/c1-13-12-17(8-11-19(13)22(29)30)5-4-16-6-9-18(10-7-16)21-26-14(2)20(31-21)15(3)27-28-23(24)25/h6-12H,1-3H3,(H,29,30)(H4,24,25,28)/b27-15+. The number of carbonyl (C=O) groups is 1. The summed E-state index contributed by atoms with van der Waals surface area (Å²) in [4.78, 5) is 16.7. The van der Waals surface area contributed by atoms with Gasteiger partial charge in [-0.05, 0) is 56.7 Å². The highest BCUT2D eigenvalue weighted by molar-refractivity contribution is 7.17. The number of nitrogens with two attached hydrogens (primary N) is 2. The first-order valence-corrected chi connectivity index (χ1v) is 10.1. The summed E-state index contributed by atoms with van der Waals surface area (Å²) in [6, 6.07) is 12.8. The van der Waals surface area contributed by atoms with Gasteiger partial charge in [-0.1, -0.05) is 24.0 Å². The van der Waals surface area contributed by atoms with Crippen molar-refractivity contribution >= 4 is 29.0 Å². The molecule has 156 valence electrons. The van der Waals surface area contributed by atoms with Gasteiger partial charge in [-0.3, -0.25) is 0 Å². The molecule has 0 saturated carbocycles. The monoisotopic (exact) mass is 431 g/mol. The molecule has 0 bridgehead atoms. The van der Waals surface area contributed by atoms with Gasteiger partial charge < -0.3 is 16.6 Å². The number of thiazole rings is 1. The molecule has 3 aromatic rings. The van der Waals surface area contributed by atoms with E-state index < -0.39 is 5.97 Å². The summed E-state index contributed by atoms with van der Waals surface area (Å²) in [6.07, 6.45) is 0. The molecule has 31 heavy (non-hydrogen) atoms. The minimum Gasteiger partial charge on any atom is -0.478 e. The molecule has 7 nitrogen and oxygen atoms in total. The van der Waals surface area contributed by atoms with Crippen LogP contribution in [0.15, 0.2) is 52.7 Å². The van der Waals surface area contributed by atoms with E-state index in [1.165, 1.54) is 11.3 Å². The van der Waals surface area contributed by atoms with Gasteiger partial charge in [-0.25, -0.2) is 9.78 Å². The predicted molar refractivity (Wildman–Crippen MR) is 124 cm³/mol. The lowest BCUT2D eigenvalue weighted by molar-refractivity contribution is 0.0696. The number of carboxylic acids is 1. The molecule has 0 amide bonds. The van der Waals surface area contributed by atoms with Crippen LogP contribution in [0.2, 0.25) is 0 Å². The first-order valence-electron chi connectivity index (χ1n) is 9.32. The van der Waals surface area contributed by atoms with E-state index in [9.17, 15) is 4.79 Å². The lowest BCUT2D eigenvalue weighted by Crippen LogP contribution is -2.22. The molecule has 1 heterocycles. The minimum atomic E-state index is -0.939. The molecule has 3 rings (SSSR count). The summed E-state index contributed by atoms with van der Waals surface area (Å²) in [6.45, 7) is 5.51. The van der Waals surface area contributed by atoms with Crippen molar-refractivity contribution < 1.29 is 9.90 Å². The largest absolute Gasteiger partial charge is 0.478 e. The zero-order valence-corrected chi connectivity index (χ0v) is 18.1. The van der Waals surface area contributed by atoms with Crippen molar-refractivity contribution in [2.75, 3.05) is 0 Å². The van der Waals surface area contributed by atoms with Crippen LogP contribution >= 0.6 is 11.3 Å². The molecule has 5 N–H and O–H groups in total. The maximum absolute atomic E-state index is 11.1. The van der Waals surface area contributed by atoms with E-state index in [0.29, 0.717) is 11.3 Å². The summed E-state index contributed by atoms with van der Waals surface area (Å²) < 4.78 is 0. The second-order valence-electron chi connectivity index (χ2n) is 6.81. The van der Waals surface area contributed by atoms with E-state index in [4.69, 9.17) is 16.6 Å². The van der Waals surface area contributed by atoms with E-state index in [1.807, 2.05) is 38.1 Å². The number of aryl methyl sites for hydroxylation is 2. The fraction of sp³-hybridized carbons (Fsp3) is 0.130. The lowest BCUT2D eigenvalue weighted by atomic mass is 10.0. The zero-order chi connectivity index (χ0) is 22.5. The molecule has 2 aromatic carbocycles. The van der Waals surface area contributed by atoms with Crippen LogP contribution in [-0.2, 0) is 0 Å². The third kappa shape index (κ3) is 5.35. The Bertz CT molecular complexity index is 1260. The molecule has 0 saturated heterocycles. The smallest absolute Gasteiger partial charge is 0.335 e. The SMILES string of the molecule is C/C(=N\N=C(N)N)c1sc(-c2ccc(C#Cc3ccc(C(=O)O)c(C)c3)cc2)nc1C. The van der Waals surface area contributed by atoms with Gasteiger partial charge >= 0.3 is 5.97 Å². The van der Waals surface area contributed by atoms with Crippen LogP contribution in [-0.4, -0.2) is 27.7 Å². The predicted octanol–water partition coefficient (Wildman–Crippen LogP) is 3.52. The van der Waals surface area contributed by atoms with Crippen LogP contribution in [0, 0.1) is 25.7 Å². The summed E-state index contributed by atoms with van der Waals surface area (Å²) in [5.41, 5.74) is 15.8. The number of rotatable bonds is 4. The van der Waals surface area contributed by atoms with E-state index in [1.54, 1.807) is 25.1 Å².